The van der Waals surface area contributed by atoms with Crippen molar-refractivity contribution in [2.24, 2.45) is 0 Å². The highest BCUT2D eigenvalue weighted by molar-refractivity contribution is 5.93. The summed E-state index contributed by atoms with van der Waals surface area (Å²) in [5.74, 6) is -1.03. The third-order valence-electron chi connectivity index (χ3n) is 4.72. The number of carbonyl (C=O) groups is 2. The molecule has 0 fully saturated rings. The summed E-state index contributed by atoms with van der Waals surface area (Å²) in [6.07, 6.45) is -0.213. The Morgan fingerprint density at radius 1 is 1.19 bits per heavy atom. The zero-order valence-electron chi connectivity index (χ0n) is 15.2. The van der Waals surface area contributed by atoms with Gasteiger partial charge in [-0.15, -0.1) is 0 Å². The predicted molar refractivity (Wildman–Crippen MR) is 98.3 cm³/mol. The summed E-state index contributed by atoms with van der Waals surface area (Å²) in [5, 5.41) is 11.0. The summed E-state index contributed by atoms with van der Waals surface area (Å²) >= 11 is 0. The molecular weight excluding hydrogens is 348 g/mol. The number of benzene rings is 2. The van der Waals surface area contributed by atoms with Crippen LogP contribution in [0, 0.1) is 17.0 Å². The van der Waals surface area contributed by atoms with Crippen LogP contribution in [0.15, 0.2) is 42.5 Å². The maximum atomic E-state index is 12.6. The molecule has 1 aliphatic heterocycles. The highest BCUT2D eigenvalue weighted by atomic mass is 16.6. The van der Waals surface area contributed by atoms with Crippen LogP contribution in [0.25, 0.3) is 0 Å². The number of carbonyl (C=O) groups excluding carboxylic acids is 2. The molecule has 3 rings (SSSR count). The molecule has 1 amide bonds. The van der Waals surface area contributed by atoms with Crippen molar-refractivity contribution in [2.45, 2.75) is 32.9 Å². The summed E-state index contributed by atoms with van der Waals surface area (Å²) in [7, 11) is 0. The quantitative estimate of drug-likeness (QED) is 0.470. The van der Waals surface area contributed by atoms with Gasteiger partial charge in [0.05, 0.1) is 10.5 Å². The monoisotopic (exact) mass is 368 g/mol. The van der Waals surface area contributed by atoms with Gasteiger partial charge in [-0.3, -0.25) is 14.9 Å². The number of amides is 1. The Balaban J connectivity index is 1.67. The van der Waals surface area contributed by atoms with Gasteiger partial charge < -0.3 is 9.64 Å². The molecule has 0 spiro atoms. The van der Waals surface area contributed by atoms with Crippen molar-refractivity contribution < 1.29 is 19.2 Å². The lowest BCUT2D eigenvalue weighted by Gasteiger charge is -2.30. The Morgan fingerprint density at radius 2 is 1.89 bits per heavy atom. The van der Waals surface area contributed by atoms with E-state index in [0.29, 0.717) is 18.7 Å². The van der Waals surface area contributed by atoms with Crippen LogP contribution in [0.1, 0.15) is 34.0 Å². The van der Waals surface area contributed by atoms with Crippen LogP contribution in [0.3, 0.4) is 0 Å². The third kappa shape index (κ3) is 3.97. The topological polar surface area (TPSA) is 89.8 Å². The largest absolute Gasteiger partial charge is 0.449 e. The minimum absolute atomic E-state index is 0.0518. The number of nitro groups is 1. The molecule has 1 heterocycles. The molecule has 2 aromatic carbocycles. The molecule has 2 aromatic rings. The first-order valence-electron chi connectivity index (χ1n) is 8.68. The fraction of sp³-hybridized carbons (Fsp3) is 0.300. The number of hydrogen-bond donors (Lipinski definition) is 0. The second-order valence-electron chi connectivity index (χ2n) is 6.58. The zero-order chi connectivity index (χ0) is 19.6. The fourth-order valence-electron chi connectivity index (χ4n) is 3.15. The molecule has 0 aromatic heterocycles. The molecule has 1 atom stereocenters. The molecule has 0 saturated carbocycles. The Kier molecular flexibility index (Phi) is 5.21. The lowest BCUT2D eigenvalue weighted by molar-refractivity contribution is -0.385. The average Bonchev–Trinajstić information content (AvgIpc) is 2.66. The van der Waals surface area contributed by atoms with Gasteiger partial charge in [0.25, 0.3) is 11.6 Å². The standard InChI is InChI=1S/C20H20N2O5/c1-13-7-8-16(11-18(13)22(25)26)20(24)27-14(2)19(23)21-10-9-15-5-3-4-6-17(15)12-21/h3-8,11,14H,9-10,12H2,1-2H3. The smallest absolute Gasteiger partial charge is 0.339 e. The minimum atomic E-state index is -0.969. The molecule has 0 aliphatic carbocycles. The van der Waals surface area contributed by atoms with Gasteiger partial charge in [-0.2, -0.15) is 0 Å². The molecule has 1 unspecified atom stereocenters. The maximum Gasteiger partial charge on any atom is 0.339 e. The second-order valence-corrected chi connectivity index (χ2v) is 6.58. The third-order valence-corrected chi connectivity index (χ3v) is 4.72. The van der Waals surface area contributed by atoms with Crippen LogP contribution < -0.4 is 0 Å². The van der Waals surface area contributed by atoms with E-state index in [-0.39, 0.29) is 17.2 Å². The van der Waals surface area contributed by atoms with Crippen molar-refractivity contribution in [3.63, 3.8) is 0 Å². The van der Waals surface area contributed by atoms with E-state index >= 15 is 0 Å². The molecular formula is C20H20N2O5. The number of nitrogens with zero attached hydrogens (tertiary/aromatic N) is 2. The number of nitro benzene ring substituents is 1. The fourth-order valence-corrected chi connectivity index (χ4v) is 3.15. The number of esters is 1. The summed E-state index contributed by atoms with van der Waals surface area (Å²) < 4.78 is 5.26. The Bertz CT molecular complexity index is 909. The van der Waals surface area contributed by atoms with Gasteiger partial charge in [0.1, 0.15) is 0 Å². The number of fused-ring (bicyclic) bond motifs is 1. The second kappa shape index (κ2) is 7.57. The van der Waals surface area contributed by atoms with Gasteiger partial charge in [0.15, 0.2) is 6.10 Å². The summed E-state index contributed by atoms with van der Waals surface area (Å²) in [6.45, 7) is 4.15. The summed E-state index contributed by atoms with van der Waals surface area (Å²) in [6, 6.07) is 12.1. The van der Waals surface area contributed by atoms with Crippen molar-refractivity contribution in [2.75, 3.05) is 6.54 Å². The molecule has 0 bridgehead atoms. The lowest BCUT2D eigenvalue weighted by Crippen LogP contribution is -2.42. The SMILES string of the molecule is Cc1ccc(C(=O)OC(C)C(=O)N2CCc3ccccc3C2)cc1[N+](=O)[O-]. The molecule has 140 valence electrons. The van der Waals surface area contributed by atoms with Crippen molar-refractivity contribution >= 4 is 17.6 Å². The van der Waals surface area contributed by atoms with Crippen LogP contribution in [0.5, 0.6) is 0 Å². The minimum Gasteiger partial charge on any atom is -0.449 e. The van der Waals surface area contributed by atoms with E-state index in [9.17, 15) is 19.7 Å². The van der Waals surface area contributed by atoms with Gasteiger partial charge in [-0.05, 0) is 37.5 Å². The van der Waals surface area contributed by atoms with Gasteiger partial charge >= 0.3 is 5.97 Å². The normalized spacial score (nSPS) is 14.2. The zero-order valence-corrected chi connectivity index (χ0v) is 15.2. The van der Waals surface area contributed by atoms with Gasteiger partial charge in [-0.25, -0.2) is 4.79 Å². The van der Waals surface area contributed by atoms with Gasteiger partial charge in [0.2, 0.25) is 0 Å². The number of ether oxygens (including phenoxy) is 1. The highest BCUT2D eigenvalue weighted by Gasteiger charge is 2.27. The van der Waals surface area contributed by atoms with E-state index in [2.05, 4.69) is 0 Å². The van der Waals surface area contributed by atoms with Crippen molar-refractivity contribution in [3.05, 3.63) is 74.8 Å². The molecule has 7 heteroatoms. The van der Waals surface area contributed by atoms with Crippen LogP contribution in [-0.2, 0) is 22.5 Å². The van der Waals surface area contributed by atoms with Crippen molar-refractivity contribution in [3.8, 4) is 0 Å². The molecule has 0 saturated heterocycles. The number of rotatable bonds is 4. The van der Waals surface area contributed by atoms with E-state index in [4.69, 9.17) is 4.74 Å². The average molecular weight is 368 g/mol. The molecule has 0 N–H and O–H groups in total. The van der Waals surface area contributed by atoms with Crippen LogP contribution in [0.4, 0.5) is 5.69 Å². The van der Waals surface area contributed by atoms with Crippen molar-refractivity contribution in [1.82, 2.24) is 4.90 Å². The van der Waals surface area contributed by atoms with E-state index in [1.807, 2.05) is 24.3 Å². The predicted octanol–water partition coefficient (Wildman–Crippen LogP) is 3.03. The summed E-state index contributed by atoms with van der Waals surface area (Å²) in [4.78, 5) is 37.1. The highest BCUT2D eigenvalue weighted by Crippen LogP contribution is 2.22. The first-order valence-corrected chi connectivity index (χ1v) is 8.68. The molecule has 0 radical (unpaired) electrons. The Hall–Kier alpha value is -3.22. The number of hydrogen-bond acceptors (Lipinski definition) is 5. The van der Waals surface area contributed by atoms with E-state index in [1.165, 1.54) is 30.7 Å². The Morgan fingerprint density at radius 3 is 2.59 bits per heavy atom. The van der Waals surface area contributed by atoms with E-state index in [0.717, 1.165) is 12.0 Å². The van der Waals surface area contributed by atoms with Crippen molar-refractivity contribution in [1.29, 1.82) is 0 Å². The van der Waals surface area contributed by atoms with E-state index in [1.54, 1.807) is 11.8 Å². The molecule has 1 aliphatic rings. The Labute approximate surface area is 156 Å². The van der Waals surface area contributed by atoms with Gasteiger partial charge in [-0.1, -0.05) is 30.3 Å². The molecule has 27 heavy (non-hydrogen) atoms. The van der Waals surface area contributed by atoms with E-state index < -0.39 is 17.0 Å². The summed E-state index contributed by atoms with van der Waals surface area (Å²) in [5.41, 5.74) is 2.66. The van der Waals surface area contributed by atoms with Crippen LogP contribution in [-0.4, -0.2) is 34.3 Å². The maximum absolute atomic E-state index is 12.6. The van der Waals surface area contributed by atoms with Crippen LogP contribution >= 0.6 is 0 Å². The molecule has 7 nitrogen and oxygen atoms in total. The van der Waals surface area contributed by atoms with Gasteiger partial charge in [0, 0.05) is 24.7 Å². The lowest BCUT2D eigenvalue weighted by atomic mass is 9.99. The van der Waals surface area contributed by atoms with Crippen LogP contribution in [0.2, 0.25) is 0 Å². The number of aryl methyl sites for hydroxylation is 1. The first-order chi connectivity index (χ1) is 12.9. The first kappa shape index (κ1) is 18.6.